The van der Waals surface area contributed by atoms with Crippen LogP contribution in [0.5, 0.6) is 0 Å². The highest BCUT2D eigenvalue weighted by molar-refractivity contribution is 7.99. The molecule has 0 aliphatic carbocycles. The Labute approximate surface area is 191 Å². The molecule has 1 aliphatic rings. The molecule has 1 fully saturated rings. The van der Waals surface area contributed by atoms with Crippen LogP contribution in [0.15, 0.2) is 91.0 Å². The van der Waals surface area contributed by atoms with E-state index in [2.05, 4.69) is 108 Å². The summed E-state index contributed by atoms with van der Waals surface area (Å²) < 4.78 is 0. The van der Waals surface area contributed by atoms with E-state index in [-0.39, 0.29) is 17.0 Å². The summed E-state index contributed by atoms with van der Waals surface area (Å²) in [6.45, 7) is 3.71. The van der Waals surface area contributed by atoms with Crippen LogP contribution in [0.4, 0.5) is 0 Å². The van der Waals surface area contributed by atoms with Crippen LogP contribution in [0.2, 0.25) is 0 Å². The molecule has 0 radical (unpaired) electrons. The Bertz CT molecular complexity index is 742. The molecule has 3 aromatic carbocycles. The van der Waals surface area contributed by atoms with E-state index in [0.29, 0.717) is 0 Å². The molecule has 0 spiro atoms. The number of hydrogen-bond acceptors (Lipinski definition) is 2. The minimum absolute atomic E-state index is 0. The lowest BCUT2D eigenvalue weighted by Crippen LogP contribution is -3.00. The lowest BCUT2D eigenvalue weighted by molar-refractivity contribution is -0.00000543. The van der Waals surface area contributed by atoms with Gasteiger partial charge < -0.3 is 21.9 Å². The number of halogens is 1. The molecule has 1 heterocycles. The van der Waals surface area contributed by atoms with Crippen molar-refractivity contribution in [3.63, 3.8) is 0 Å². The van der Waals surface area contributed by atoms with Gasteiger partial charge in [0.25, 0.3) is 0 Å². The Morgan fingerprint density at radius 2 is 1.07 bits per heavy atom. The summed E-state index contributed by atoms with van der Waals surface area (Å²) in [6, 6.07) is 33.8. The van der Waals surface area contributed by atoms with Crippen LogP contribution in [0.3, 0.4) is 0 Å². The van der Waals surface area contributed by atoms with Gasteiger partial charge in [0, 0.05) is 31.1 Å². The average Bonchev–Trinajstić information content (AvgIpc) is 2.79. The van der Waals surface area contributed by atoms with E-state index in [1.54, 1.807) is 0 Å². The van der Waals surface area contributed by atoms with Crippen molar-refractivity contribution in [2.24, 2.45) is 0 Å². The molecule has 0 atom stereocenters. The quantitative estimate of drug-likeness (QED) is 0.465. The molecule has 0 N–H and O–H groups in total. The standard InChI is InChI=1S/C25H29NPS.BrH/c1-4-11-23(12-5-1)27(24-13-6-2-7-14-24,25-15-8-3-9-16-25)20-10-17-26-18-21-28-22-19-26;/h1-9,11-16H,10,17-22H2;1H/q+1;/p-1. The highest BCUT2D eigenvalue weighted by Gasteiger charge is 2.44. The van der Waals surface area contributed by atoms with Gasteiger partial charge in [-0.2, -0.15) is 11.8 Å². The first-order valence-electron chi connectivity index (χ1n) is 10.2. The maximum atomic E-state index is 2.66. The van der Waals surface area contributed by atoms with Crippen molar-refractivity contribution in [2.75, 3.05) is 37.3 Å². The smallest absolute Gasteiger partial charge is 0.112 e. The highest BCUT2D eigenvalue weighted by atomic mass is 79.9. The summed E-state index contributed by atoms with van der Waals surface area (Å²) in [5.41, 5.74) is 0. The first-order valence-corrected chi connectivity index (χ1v) is 13.4. The third kappa shape index (κ3) is 5.33. The fourth-order valence-corrected chi connectivity index (χ4v) is 9.54. The lowest BCUT2D eigenvalue weighted by Gasteiger charge is -2.30. The molecule has 1 nitrogen and oxygen atoms in total. The van der Waals surface area contributed by atoms with Gasteiger partial charge in [-0.05, 0) is 42.8 Å². The van der Waals surface area contributed by atoms with Crippen LogP contribution in [0.25, 0.3) is 0 Å². The van der Waals surface area contributed by atoms with Gasteiger partial charge in [-0.1, -0.05) is 54.6 Å². The molecule has 1 aliphatic heterocycles. The molecule has 1 saturated heterocycles. The number of nitrogens with zero attached hydrogens (tertiary/aromatic N) is 1. The van der Waals surface area contributed by atoms with Crippen molar-refractivity contribution in [3.8, 4) is 0 Å². The minimum atomic E-state index is -1.65. The van der Waals surface area contributed by atoms with Gasteiger partial charge in [0.15, 0.2) is 0 Å². The maximum Gasteiger partial charge on any atom is 0.112 e. The molecule has 0 unspecified atom stereocenters. The second-order valence-electron chi connectivity index (χ2n) is 7.35. The van der Waals surface area contributed by atoms with Gasteiger partial charge in [0.1, 0.15) is 23.2 Å². The van der Waals surface area contributed by atoms with E-state index in [4.69, 9.17) is 0 Å². The van der Waals surface area contributed by atoms with Crippen molar-refractivity contribution in [3.05, 3.63) is 91.0 Å². The number of thioether (sulfide) groups is 1. The minimum Gasteiger partial charge on any atom is -1.00 e. The van der Waals surface area contributed by atoms with E-state index >= 15 is 0 Å². The zero-order chi connectivity index (χ0) is 19.1. The topological polar surface area (TPSA) is 3.24 Å². The van der Waals surface area contributed by atoms with Crippen LogP contribution in [0, 0.1) is 0 Å². The van der Waals surface area contributed by atoms with Crippen molar-refractivity contribution >= 4 is 34.9 Å². The fraction of sp³-hybridized carbons (Fsp3) is 0.280. The molecule has 3 aromatic rings. The van der Waals surface area contributed by atoms with Crippen LogP contribution in [-0.4, -0.2) is 42.2 Å². The van der Waals surface area contributed by atoms with Crippen molar-refractivity contribution in [1.29, 1.82) is 0 Å². The molecule has 0 saturated carbocycles. The second-order valence-corrected chi connectivity index (χ2v) is 12.2. The first-order chi connectivity index (χ1) is 13.9. The molecule has 0 amide bonds. The summed E-state index contributed by atoms with van der Waals surface area (Å²) >= 11 is 2.09. The molecule has 152 valence electrons. The predicted octanol–water partition coefficient (Wildman–Crippen LogP) is 1.42. The van der Waals surface area contributed by atoms with E-state index in [9.17, 15) is 0 Å². The van der Waals surface area contributed by atoms with Crippen LogP contribution >= 0.6 is 19.0 Å². The van der Waals surface area contributed by atoms with Crippen molar-refractivity contribution < 1.29 is 17.0 Å². The lowest BCUT2D eigenvalue weighted by atomic mass is 10.3. The fourth-order valence-electron chi connectivity index (χ4n) is 4.24. The summed E-state index contributed by atoms with van der Waals surface area (Å²) in [5, 5.41) is 4.50. The van der Waals surface area contributed by atoms with Gasteiger partial charge in [-0.25, -0.2) is 0 Å². The summed E-state index contributed by atoms with van der Waals surface area (Å²) in [4.78, 5) is 2.66. The Morgan fingerprint density at radius 3 is 1.48 bits per heavy atom. The summed E-state index contributed by atoms with van der Waals surface area (Å²) in [6.07, 6.45) is 2.48. The Kier molecular flexibility index (Phi) is 8.81. The molecule has 4 rings (SSSR count). The third-order valence-corrected chi connectivity index (χ3v) is 11.1. The number of hydrogen-bond donors (Lipinski definition) is 0. The van der Waals surface area contributed by atoms with Crippen molar-refractivity contribution in [1.82, 2.24) is 4.90 Å². The largest absolute Gasteiger partial charge is 1.00 e. The van der Waals surface area contributed by atoms with Crippen molar-refractivity contribution in [2.45, 2.75) is 6.42 Å². The SMILES string of the molecule is [Br-].c1ccc([P+](CCCN2CCSCC2)(c2ccccc2)c2ccccc2)cc1. The Morgan fingerprint density at radius 1 is 0.655 bits per heavy atom. The Hall–Kier alpha value is -1.12. The van der Waals surface area contributed by atoms with Gasteiger partial charge in [-0.15, -0.1) is 0 Å². The highest BCUT2D eigenvalue weighted by Crippen LogP contribution is 2.55. The molecular formula is C25H29BrNPS. The monoisotopic (exact) mass is 485 g/mol. The maximum absolute atomic E-state index is 2.66. The Balaban J connectivity index is 0.00000240. The average molecular weight is 486 g/mol. The molecule has 4 heteroatoms. The van der Waals surface area contributed by atoms with Crippen LogP contribution < -0.4 is 32.9 Å². The summed E-state index contributed by atoms with van der Waals surface area (Å²) in [7, 11) is -1.65. The molecule has 0 aromatic heterocycles. The molecule has 0 bridgehead atoms. The predicted molar refractivity (Wildman–Crippen MR) is 128 cm³/mol. The third-order valence-electron chi connectivity index (χ3n) is 5.66. The molecular weight excluding hydrogens is 457 g/mol. The zero-order valence-electron chi connectivity index (χ0n) is 16.8. The van der Waals surface area contributed by atoms with E-state index in [1.807, 2.05) is 0 Å². The van der Waals surface area contributed by atoms with E-state index in [1.165, 1.54) is 59.6 Å². The first kappa shape index (κ1) is 22.6. The number of benzene rings is 3. The van der Waals surface area contributed by atoms with E-state index < -0.39 is 7.26 Å². The summed E-state index contributed by atoms with van der Waals surface area (Å²) in [5.74, 6) is 2.58. The molecule has 29 heavy (non-hydrogen) atoms. The van der Waals surface area contributed by atoms with E-state index in [0.717, 1.165) is 0 Å². The zero-order valence-corrected chi connectivity index (χ0v) is 20.1. The van der Waals surface area contributed by atoms with Gasteiger partial charge in [0.2, 0.25) is 0 Å². The second kappa shape index (κ2) is 11.3. The van der Waals surface area contributed by atoms with Gasteiger partial charge >= 0.3 is 0 Å². The van der Waals surface area contributed by atoms with Crippen LogP contribution in [0.1, 0.15) is 6.42 Å². The number of rotatable bonds is 7. The van der Waals surface area contributed by atoms with Crippen LogP contribution in [-0.2, 0) is 0 Å². The van der Waals surface area contributed by atoms with Gasteiger partial charge in [-0.3, -0.25) is 0 Å². The normalized spacial score (nSPS) is 14.9. The van der Waals surface area contributed by atoms with Gasteiger partial charge in [0.05, 0.1) is 6.16 Å².